The lowest BCUT2D eigenvalue weighted by molar-refractivity contribution is 0.474. The number of hydrogen-bond acceptors (Lipinski definition) is 4. The number of benzene rings is 1. The molecule has 1 heterocycles. The Morgan fingerprint density at radius 1 is 1.32 bits per heavy atom. The van der Waals surface area contributed by atoms with Crippen molar-refractivity contribution in [3.8, 4) is 5.75 Å². The summed E-state index contributed by atoms with van der Waals surface area (Å²) in [6.07, 6.45) is 8.22. The van der Waals surface area contributed by atoms with Gasteiger partial charge in [0.15, 0.2) is 0 Å². The molecule has 1 aromatic carbocycles. The first-order valence-corrected chi connectivity index (χ1v) is 7.78. The number of hydrogen-bond donors (Lipinski definition) is 1. The second-order valence-corrected chi connectivity index (χ2v) is 5.10. The zero-order valence-corrected chi connectivity index (χ0v) is 13.3. The van der Waals surface area contributed by atoms with Gasteiger partial charge in [-0.2, -0.15) is 0 Å². The Morgan fingerprint density at radius 3 is 2.77 bits per heavy atom. The maximum atomic E-state index is 10.1. The number of aliphatic imine (C=N–C) groups is 1. The molecule has 1 aromatic heterocycles. The summed E-state index contributed by atoms with van der Waals surface area (Å²) in [7, 11) is 0. The van der Waals surface area contributed by atoms with Crippen molar-refractivity contribution in [1.82, 2.24) is 9.55 Å². The van der Waals surface area contributed by atoms with Gasteiger partial charge in [0.25, 0.3) is 0 Å². The summed E-state index contributed by atoms with van der Waals surface area (Å²) in [5, 5.41) is 10.1. The van der Waals surface area contributed by atoms with E-state index in [9.17, 15) is 5.11 Å². The SMILES string of the molecule is CCN(CC)c1ccc(C=NCCCn2ccnc2)c(O)c1. The number of nitrogens with zero attached hydrogens (tertiary/aromatic N) is 4. The molecule has 22 heavy (non-hydrogen) atoms. The molecule has 5 nitrogen and oxygen atoms in total. The van der Waals surface area contributed by atoms with Gasteiger partial charge in [-0.05, 0) is 32.4 Å². The summed E-state index contributed by atoms with van der Waals surface area (Å²) in [6.45, 7) is 7.71. The summed E-state index contributed by atoms with van der Waals surface area (Å²) in [5.41, 5.74) is 1.80. The first-order chi connectivity index (χ1) is 10.7. The van der Waals surface area contributed by atoms with Crippen molar-refractivity contribution in [3.05, 3.63) is 42.5 Å². The van der Waals surface area contributed by atoms with Crippen LogP contribution in [0.15, 0.2) is 41.9 Å². The van der Waals surface area contributed by atoms with Crippen molar-refractivity contribution >= 4 is 11.9 Å². The fourth-order valence-corrected chi connectivity index (χ4v) is 2.35. The van der Waals surface area contributed by atoms with Crippen LogP contribution in [-0.4, -0.2) is 40.5 Å². The Balaban J connectivity index is 1.88. The number of aromatic hydroxyl groups is 1. The van der Waals surface area contributed by atoms with Gasteiger partial charge in [-0.15, -0.1) is 0 Å². The van der Waals surface area contributed by atoms with E-state index in [1.54, 1.807) is 18.5 Å². The summed E-state index contributed by atoms with van der Waals surface area (Å²) in [4.78, 5) is 10.6. The normalized spacial score (nSPS) is 11.2. The minimum absolute atomic E-state index is 0.280. The minimum atomic E-state index is 0.280. The van der Waals surface area contributed by atoms with Crippen LogP contribution in [-0.2, 0) is 6.54 Å². The lowest BCUT2D eigenvalue weighted by atomic mass is 10.2. The molecule has 0 aliphatic rings. The summed E-state index contributed by atoms with van der Waals surface area (Å²) < 4.78 is 2.03. The van der Waals surface area contributed by atoms with E-state index in [2.05, 4.69) is 28.7 Å². The molecule has 2 rings (SSSR count). The van der Waals surface area contributed by atoms with Crippen molar-refractivity contribution in [1.29, 1.82) is 0 Å². The highest BCUT2D eigenvalue weighted by Crippen LogP contribution is 2.23. The van der Waals surface area contributed by atoms with Gasteiger partial charge in [0.2, 0.25) is 0 Å². The topological polar surface area (TPSA) is 53.7 Å². The highest BCUT2D eigenvalue weighted by atomic mass is 16.3. The second kappa shape index (κ2) is 8.22. The van der Waals surface area contributed by atoms with Crippen LogP contribution < -0.4 is 4.90 Å². The van der Waals surface area contributed by atoms with E-state index in [4.69, 9.17) is 0 Å². The molecule has 0 saturated heterocycles. The predicted octanol–water partition coefficient (Wildman–Crippen LogP) is 2.94. The highest BCUT2D eigenvalue weighted by molar-refractivity contribution is 5.84. The van der Waals surface area contributed by atoms with Crippen LogP contribution in [0.2, 0.25) is 0 Å². The van der Waals surface area contributed by atoms with Gasteiger partial charge in [0.05, 0.1) is 6.33 Å². The Kier molecular flexibility index (Phi) is 6.01. The zero-order valence-electron chi connectivity index (χ0n) is 13.3. The fraction of sp³-hybridized carbons (Fsp3) is 0.412. The predicted molar refractivity (Wildman–Crippen MR) is 91.0 cm³/mol. The molecule has 0 fully saturated rings. The molecule has 0 bridgehead atoms. The Hall–Kier alpha value is -2.30. The molecule has 5 heteroatoms. The number of aromatic nitrogens is 2. The third-order valence-electron chi connectivity index (χ3n) is 3.64. The van der Waals surface area contributed by atoms with E-state index in [0.717, 1.165) is 43.9 Å². The molecule has 0 aliphatic heterocycles. The summed E-state index contributed by atoms with van der Waals surface area (Å²) in [6, 6.07) is 5.75. The average molecular weight is 300 g/mol. The molecule has 1 N–H and O–H groups in total. The molecule has 118 valence electrons. The third kappa shape index (κ3) is 4.35. The van der Waals surface area contributed by atoms with Crippen molar-refractivity contribution in [3.63, 3.8) is 0 Å². The van der Waals surface area contributed by atoms with E-state index in [-0.39, 0.29) is 5.75 Å². The van der Waals surface area contributed by atoms with E-state index in [0.29, 0.717) is 0 Å². The van der Waals surface area contributed by atoms with Crippen LogP contribution in [0.5, 0.6) is 5.75 Å². The molecular formula is C17H24N4O. The van der Waals surface area contributed by atoms with Gasteiger partial charge in [0, 0.05) is 62.1 Å². The molecule has 0 atom stereocenters. The number of rotatable bonds is 8. The second-order valence-electron chi connectivity index (χ2n) is 5.10. The number of phenols is 1. The van der Waals surface area contributed by atoms with E-state index in [1.807, 2.05) is 29.2 Å². The molecule has 0 aliphatic carbocycles. The van der Waals surface area contributed by atoms with Crippen molar-refractivity contribution in [2.24, 2.45) is 4.99 Å². The largest absolute Gasteiger partial charge is 0.507 e. The standard InChI is InChI=1S/C17H24N4O/c1-3-21(4-2)16-7-6-15(17(22)12-16)13-18-8-5-10-20-11-9-19-14-20/h6-7,9,11-14,22H,3-5,8,10H2,1-2H3. The van der Waals surface area contributed by atoms with Crippen molar-refractivity contribution in [2.75, 3.05) is 24.5 Å². The molecule has 0 amide bonds. The van der Waals surface area contributed by atoms with E-state index >= 15 is 0 Å². The van der Waals surface area contributed by atoms with Crippen molar-refractivity contribution in [2.45, 2.75) is 26.8 Å². The monoisotopic (exact) mass is 300 g/mol. The molecular weight excluding hydrogens is 276 g/mol. The Labute approximate surface area is 131 Å². The van der Waals surface area contributed by atoms with Gasteiger partial charge in [-0.1, -0.05) is 0 Å². The van der Waals surface area contributed by atoms with Gasteiger partial charge >= 0.3 is 0 Å². The van der Waals surface area contributed by atoms with Gasteiger partial charge in [0.1, 0.15) is 5.75 Å². The Bertz CT molecular complexity index is 589. The molecule has 0 unspecified atom stereocenters. The minimum Gasteiger partial charge on any atom is -0.507 e. The quantitative estimate of drug-likeness (QED) is 0.602. The molecule has 2 aromatic rings. The molecule has 0 spiro atoms. The van der Waals surface area contributed by atoms with Crippen molar-refractivity contribution < 1.29 is 5.11 Å². The van der Waals surface area contributed by atoms with Crippen LogP contribution in [0, 0.1) is 0 Å². The fourth-order valence-electron chi connectivity index (χ4n) is 2.35. The van der Waals surface area contributed by atoms with Crippen LogP contribution >= 0.6 is 0 Å². The lowest BCUT2D eigenvalue weighted by Gasteiger charge is -2.21. The van der Waals surface area contributed by atoms with Gasteiger partial charge in [-0.25, -0.2) is 4.98 Å². The number of phenolic OH excluding ortho intramolecular Hbond substituents is 1. The van der Waals surface area contributed by atoms with Crippen LogP contribution in [0.25, 0.3) is 0 Å². The summed E-state index contributed by atoms with van der Waals surface area (Å²) in [5.74, 6) is 0.280. The van der Waals surface area contributed by atoms with Crippen LogP contribution in [0.3, 0.4) is 0 Å². The number of imidazole rings is 1. The first-order valence-electron chi connectivity index (χ1n) is 7.78. The Morgan fingerprint density at radius 2 is 2.14 bits per heavy atom. The van der Waals surface area contributed by atoms with Gasteiger partial charge in [-0.3, -0.25) is 4.99 Å². The summed E-state index contributed by atoms with van der Waals surface area (Å²) >= 11 is 0. The first kappa shape index (κ1) is 16.1. The van der Waals surface area contributed by atoms with E-state index < -0.39 is 0 Å². The smallest absolute Gasteiger partial charge is 0.126 e. The van der Waals surface area contributed by atoms with E-state index in [1.165, 1.54) is 0 Å². The van der Waals surface area contributed by atoms with Crippen LogP contribution in [0.1, 0.15) is 25.8 Å². The zero-order chi connectivity index (χ0) is 15.8. The van der Waals surface area contributed by atoms with Crippen LogP contribution in [0.4, 0.5) is 5.69 Å². The maximum Gasteiger partial charge on any atom is 0.126 e. The molecule has 0 saturated carbocycles. The maximum absolute atomic E-state index is 10.1. The lowest BCUT2D eigenvalue weighted by Crippen LogP contribution is -2.21. The highest BCUT2D eigenvalue weighted by Gasteiger charge is 2.05. The molecule has 0 radical (unpaired) electrons. The van der Waals surface area contributed by atoms with Gasteiger partial charge < -0.3 is 14.6 Å². The number of anilines is 1. The third-order valence-corrected chi connectivity index (χ3v) is 3.64. The number of aryl methyl sites for hydroxylation is 1. The average Bonchev–Trinajstić information content (AvgIpc) is 3.03.